The number of morpholine rings is 1. The Balaban J connectivity index is 1.42. The Labute approximate surface area is 234 Å². The van der Waals surface area contributed by atoms with E-state index in [-0.39, 0.29) is 17.6 Å². The summed E-state index contributed by atoms with van der Waals surface area (Å²) in [4.78, 5) is 42.0. The van der Waals surface area contributed by atoms with E-state index in [9.17, 15) is 9.59 Å². The molecular weight excluding hydrogens is 510 g/mol. The van der Waals surface area contributed by atoms with Crippen molar-refractivity contribution < 1.29 is 19.1 Å². The van der Waals surface area contributed by atoms with Crippen LogP contribution in [0, 0.1) is 0 Å². The Hall–Kier alpha value is -4.22. The number of nitrogens with one attached hydrogen (secondary N) is 2. The molecule has 3 heterocycles. The number of para-hydroxylation sites is 1. The number of hydrogen-bond acceptors (Lipinski definition) is 8. The van der Waals surface area contributed by atoms with E-state index in [1.54, 1.807) is 19.2 Å². The first kappa shape index (κ1) is 27.4. The zero-order valence-electron chi connectivity index (χ0n) is 22.9. The van der Waals surface area contributed by atoms with Crippen molar-refractivity contribution in [1.29, 1.82) is 0 Å². The van der Waals surface area contributed by atoms with E-state index in [1.807, 2.05) is 47.4 Å². The first-order chi connectivity index (χ1) is 19.6. The summed E-state index contributed by atoms with van der Waals surface area (Å²) in [5, 5.41) is 5.63. The number of urea groups is 1. The van der Waals surface area contributed by atoms with Crippen molar-refractivity contribution in [2.45, 2.75) is 6.92 Å². The Kier molecular flexibility index (Phi) is 8.72. The predicted molar refractivity (Wildman–Crippen MR) is 154 cm³/mol. The maximum atomic E-state index is 13.8. The quantitative estimate of drug-likeness (QED) is 0.465. The summed E-state index contributed by atoms with van der Waals surface area (Å²) in [7, 11) is 1.55. The third-order valence-corrected chi connectivity index (χ3v) is 7.10. The van der Waals surface area contributed by atoms with Crippen LogP contribution in [0.2, 0.25) is 0 Å². The lowest BCUT2D eigenvalue weighted by molar-refractivity contribution is 0.0634. The Morgan fingerprint density at radius 2 is 1.52 bits per heavy atom. The predicted octanol–water partition coefficient (Wildman–Crippen LogP) is 3.41. The van der Waals surface area contributed by atoms with Crippen LogP contribution in [0.15, 0.2) is 54.6 Å². The summed E-state index contributed by atoms with van der Waals surface area (Å²) < 4.78 is 11.3. The molecule has 2 saturated heterocycles. The van der Waals surface area contributed by atoms with E-state index < -0.39 is 0 Å². The number of benzene rings is 2. The molecule has 2 aromatic carbocycles. The van der Waals surface area contributed by atoms with E-state index in [1.165, 1.54) is 0 Å². The molecule has 0 unspecified atom stereocenters. The standard InChI is InChI=1S/C29H35N7O4/c1-3-34-13-15-36(16-14-34)28(37)24-25(39-2)27(35-17-19-40-20-18-35)33-26(32-24)21-9-11-23(12-10-21)31-29(38)30-22-7-5-4-6-8-22/h4-12H,3,13-20H2,1-2H3,(H2,30,31,38). The van der Waals surface area contributed by atoms with E-state index in [2.05, 4.69) is 27.4 Å². The molecule has 3 amide bonds. The minimum Gasteiger partial charge on any atom is -0.491 e. The molecule has 0 radical (unpaired) electrons. The number of carbonyl (C=O) groups is 2. The smallest absolute Gasteiger partial charge is 0.323 e. The van der Waals surface area contributed by atoms with Gasteiger partial charge in [-0.05, 0) is 42.9 Å². The van der Waals surface area contributed by atoms with E-state index >= 15 is 0 Å². The molecule has 0 saturated carbocycles. The van der Waals surface area contributed by atoms with E-state index in [4.69, 9.17) is 19.4 Å². The lowest BCUT2D eigenvalue weighted by atomic mass is 10.1. The lowest BCUT2D eigenvalue weighted by Gasteiger charge is -2.34. The van der Waals surface area contributed by atoms with Crippen LogP contribution in [0.25, 0.3) is 11.4 Å². The Morgan fingerprint density at radius 3 is 2.15 bits per heavy atom. The van der Waals surface area contributed by atoms with Crippen molar-refractivity contribution in [1.82, 2.24) is 19.8 Å². The molecule has 0 atom stereocenters. The highest BCUT2D eigenvalue weighted by atomic mass is 16.5. The topological polar surface area (TPSA) is 112 Å². The van der Waals surface area contributed by atoms with Gasteiger partial charge in [0.1, 0.15) is 0 Å². The molecule has 11 nitrogen and oxygen atoms in total. The van der Waals surface area contributed by atoms with Crippen LogP contribution in [-0.4, -0.2) is 97.8 Å². The highest BCUT2D eigenvalue weighted by Crippen LogP contribution is 2.33. The van der Waals surface area contributed by atoms with Crippen LogP contribution < -0.4 is 20.3 Å². The van der Waals surface area contributed by atoms with Crippen LogP contribution in [0.4, 0.5) is 22.0 Å². The van der Waals surface area contributed by atoms with Crippen LogP contribution in [0.1, 0.15) is 17.4 Å². The van der Waals surface area contributed by atoms with Gasteiger partial charge in [0.2, 0.25) is 0 Å². The van der Waals surface area contributed by atoms with Crippen molar-refractivity contribution in [2.75, 3.05) is 81.7 Å². The number of anilines is 3. The van der Waals surface area contributed by atoms with Gasteiger partial charge in [0.15, 0.2) is 23.1 Å². The number of methoxy groups -OCH3 is 1. The molecular formula is C29H35N7O4. The van der Waals surface area contributed by atoms with Gasteiger partial charge in [-0.2, -0.15) is 0 Å². The third kappa shape index (κ3) is 6.32. The molecule has 0 aliphatic carbocycles. The molecule has 11 heteroatoms. The average Bonchev–Trinajstić information content (AvgIpc) is 3.01. The van der Waals surface area contributed by atoms with Gasteiger partial charge >= 0.3 is 6.03 Å². The average molecular weight is 546 g/mol. The summed E-state index contributed by atoms with van der Waals surface area (Å²) in [5.41, 5.74) is 2.29. The van der Waals surface area contributed by atoms with Crippen molar-refractivity contribution in [2.24, 2.45) is 0 Å². The number of amides is 3. The molecule has 2 aliphatic rings. The van der Waals surface area contributed by atoms with Crippen LogP contribution >= 0.6 is 0 Å². The zero-order valence-corrected chi connectivity index (χ0v) is 22.9. The number of hydrogen-bond donors (Lipinski definition) is 2. The fourth-order valence-electron chi connectivity index (χ4n) is 4.82. The first-order valence-corrected chi connectivity index (χ1v) is 13.6. The molecule has 5 rings (SSSR count). The molecule has 2 aliphatic heterocycles. The number of likely N-dealkylation sites (N-methyl/N-ethyl adjacent to an activating group) is 1. The van der Waals surface area contributed by atoms with Crippen LogP contribution in [0.3, 0.4) is 0 Å². The molecule has 210 valence electrons. The van der Waals surface area contributed by atoms with E-state index in [0.717, 1.165) is 25.2 Å². The number of piperazine rings is 1. The zero-order chi connectivity index (χ0) is 27.9. The van der Waals surface area contributed by atoms with Crippen molar-refractivity contribution in [3.8, 4) is 17.1 Å². The third-order valence-electron chi connectivity index (χ3n) is 7.10. The molecule has 3 aromatic rings. The van der Waals surface area contributed by atoms with Gasteiger partial charge in [0.05, 0.1) is 20.3 Å². The maximum Gasteiger partial charge on any atom is 0.323 e. The van der Waals surface area contributed by atoms with Crippen LogP contribution in [0.5, 0.6) is 5.75 Å². The number of carbonyl (C=O) groups excluding carboxylic acids is 2. The van der Waals surface area contributed by atoms with Gasteiger partial charge in [0.25, 0.3) is 5.91 Å². The summed E-state index contributed by atoms with van der Waals surface area (Å²) >= 11 is 0. The van der Waals surface area contributed by atoms with Gasteiger partial charge in [-0.15, -0.1) is 0 Å². The number of ether oxygens (including phenoxy) is 2. The van der Waals surface area contributed by atoms with Gasteiger partial charge in [-0.1, -0.05) is 25.1 Å². The second kappa shape index (κ2) is 12.8. The monoisotopic (exact) mass is 545 g/mol. The second-order valence-electron chi connectivity index (χ2n) is 9.60. The Bertz CT molecular complexity index is 1310. The van der Waals surface area contributed by atoms with E-state index in [0.29, 0.717) is 68.2 Å². The summed E-state index contributed by atoms with van der Waals surface area (Å²) in [6.45, 7) is 8.40. The minimum atomic E-state index is -0.342. The largest absolute Gasteiger partial charge is 0.491 e. The summed E-state index contributed by atoms with van der Waals surface area (Å²) in [6.07, 6.45) is 0. The number of aromatic nitrogens is 2. The van der Waals surface area contributed by atoms with Crippen molar-refractivity contribution in [3.05, 3.63) is 60.3 Å². The highest BCUT2D eigenvalue weighted by Gasteiger charge is 2.30. The molecule has 2 N–H and O–H groups in total. The van der Waals surface area contributed by atoms with Gasteiger partial charge in [-0.3, -0.25) is 4.79 Å². The first-order valence-electron chi connectivity index (χ1n) is 13.6. The molecule has 2 fully saturated rings. The molecule has 0 bridgehead atoms. The minimum absolute atomic E-state index is 0.165. The van der Waals surface area contributed by atoms with Crippen molar-refractivity contribution >= 4 is 29.1 Å². The van der Waals surface area contributed by atoms with Gasteiger partial charge in [0, 0.05) is 56.2 Å². The van der Waals surface area contributed by atoms with Crippen molar-refractivity contribution in [3.63, 3.8) is 0 Å². The summed E-state index contributed by atoms with van der Waals surface area (Å²) in [5.74, 6) is 1.21. The fraction of sp³-hybridized carbons (Fsp3) is 0.379. The number of nitrogens with zero attached hydrogens (tertiary/aromatic N) is 5. The van der Waals surface area contributed by atoms with Crippen LogP contribution in [-0.2, 0) is 4.74 Å². The number of rotatable bonds is 7. The fourth-order valence-corrected chi connectivity index (χ4v) is 4.82. The second-order valence-corrected chi connectivity index (χ2v) is 9.60. The SMILES string of the molecule is CCN1CCN(C(=O)c2nc(-c3ccc(NC(=O)Nc4ccccc4)cc3)nc(N3CCOCC3)c2OC)CC1. The normalized spacial score (nSPS) is 15.9. The highest BCUT2D eigenvalue weighted by molar-refractivity contribution is 6.00. The molecule has 1 aromatic heterocycles. The van der Waals surface area contributed by atoms with Gasteiger partial charge < -0.3 is 34.8 Å². The Morgan fingerprint density at radius 1 is 0.875 bits per heavy atom. The maximum absolute atomic E-state index is 13.8. The molecule has 40 heavy (non-hydrogen) atoms. The summed E-state index contributed by atoms with van der Waals surface area (Å²) in [6, 6.07) is 16.1. The molecule has 0 spiro atoms. The van der Waals surface area contributed by atoms with Gasteiger partial charge in [-0.25, -0.2) is 14.8 Å². The lowest BCUT2D eigenvalue weighted by Crippen LogP contribution is -2.48.